The normalized spacial score (nSPS) is 24.6. The van der Waals surface area contributed by atoms with Gasteiger partial charge < -0.3 is 5.32 Å². The minimum atomic E-state index is 0.636. The van der Waals surface area contributed by atoms with Crippen LogP contribution in [0.15, 0.2) is 33.6 Å². The maximum atomic E-state index is 3.65. The molecule has 1 aliphatic rings. The van der Waals surface area contributed by atoms with Crippen molar-refractivity contribution in [1.82, 2.24) is 5.32 Å². The van der Waals surface area contributed by atoms with Crippen LogP contribution in [0.1, 0.15) is 39.0 Å². The number of nitrogens with one attached hydrogen (secondary N) is 1. The van der Waals surface area contributed by atoms with E-state index in [1.165, 1.54) is 47.2 Å². The topological polar surface area (TPSA) is 12.0 Å². The Balaban J connectivity index is 1.96. The number of hydrogen-bond acceptors (Lipinski definition) is 2. The third kappa shape index (κ3) is 4.25. The minimum absolute atomic E-state index is 0.636. The van der Waals surface area contributed by atoms with Crippen molar-refractivity contribution in [2.45, 2.75) is 50.0 Å². The van der Waals surface area contributed by atoms with Crippen molar-refractivity contribution in [3.05, 3.63) is 28.7 Å². The van der Waals surface area contributed by atoms with E-state index >= 15 is 0 Å². The Labute approximate surface area is 136 Å². The summed E-state index contributed by atoms with van der Waals surface area (Å²) < 4.78 is 1.22. The minimum Gasteiger partial charge on any atom is -0.316 e. The molecule has 1 aromatic rings. The molecule has 0 bridgehead atoms. The Hall–Kier alpha value is 0.01000. The van der Waals surface area contributed by atoms with E-state index in [1.54, 1.807) is 0 Å². The van der Waals surface area contributed by atoms with E-state index in [4.69, 9.17) is 0 Å². The monoisotopic (exact) mass is 355 g/mol. The second-order valence-electron chi connectivity index (χ2n) is 5.75. The van der Waals surface area contributed by atoms with Crippen LogP contribution in [0.3, 0.4) is 0 Å². The molecule has 0 aliphatic heterocycles. The van der Waals surface area contributed by atoms with Gasteiger partial charge in [0, 0.05) is 21.2 Å². The number of rotatable bonds is 6. The maximum Gasteiger partial charge on any atom is 0.0311 e. The first kappa shape index (κ1) is 16.4. The zero-order valence-electron chi connectivity index (χ0n) is 12.6. The fourth-order valence-corrected chi connectivity index (χ4v) is 5.22. The molecule has 3 heteroatoms. The summed E-state index contributed by atoms with van der Waals surface area (Å²) >= 11 is 5.63. The predicted octanol–water partition coefficient (Wildman–Crippen LogP) is 5.35. The molecule has 2 rings (SSSR count). The molecule has 1 nitrogen and oxygen atoms in total. The zero-order chi connectivity index (χ0) is 14.4. The molecular weight excluding hydrogens is 330 g/mol. The average Bonchev–Trinajstić information content (AvgIpc) is 2.50. The summed E-state index contributed by atoms with van der Waals surface area (Å²) in [6.07, 6.45) is 7.02. The van der Waals surface area contributed by atoms with Crippen LogP contribution in [0, 0.1) is 11.8 Å². The summed E-state index contributed by atoms with van der Waals surface area (Å²) in [5.41, 5.74) is 0. The molecule has 1 aliphatic carbocycles. The van der Waals surface area contributed by atoms with E-state index in [1.807, 2.05) is 11.8 Å². The molecule has 1 fully saturated rings. The Bertz CT molecular complexity index is 410. The van der Waals surface area contributed by atoms with Crippen LogP contribution < -0.4 is 5.32 Å². The predicted molar refractivity (Wildman–Crippen MR) is 93.5 cm³/mol. The third-order valence-corrected chi connectivity index (χ3v) is 6.78. The van der Waals surface area contributed by atoms with Gasteiger partial charge in [-0.15, -0.1) is 11.8 Å². The number of hydrogen-bond donors (Lipinski definition) is 1. The second kappa shape index (κ2) is 8.45. The quantitative estimate of drug-likeness (QED) is 0.690. The Morgan fingerprint density at radius 3 is 2.75 bits per heavy atom. The second-order valence-corrected chi connectivity index (χ2v) is 7.67. The molecule has 0 radical (unpaired) electrons. The van der Waals surface area contributed by atoms with E-state index in [-0.39, 0.29) is 0 Å². The van der Waals surface area contributed by atoms with Gasteiger partial charge >= 0.3 is 0 Å². The van der Waals surface area contributed by atoms with Gasteiger partial charge in [0.05, 0.1) is 0 Å². The van der Waals surface area contributed by atoms with Crippen molar-refractivity contribution in [2.75, 3.05) is 12.8 Å². The van der Waals surface area contributed by atoms with Gasteiger partial charge in [0.1, 0.15) is 0 Å². The maximum absolute atomic E-state index is 3.65. The highest BCUT2D eigenvalue weighted by molar-refractivity contribution is 9.10. The largest absolute Gasteiger partial charge is 0.316 e. The molecule has 20 heavy (non-hydrogen) atoms. The van der Waals surface area contributed by atoms with E-state index in [0.29, 0.717) is 6.04 Å². The zero-order valence-corrected chi connectivity index (χ0v) is 15.0. The molecule has 1 saturated carbocycles. The average molecular weight is 356 g/mol. The van der Waals surface area contributed by atoms with E-state index in [0.717, 1.165) is 11.8 Å². The van der Waals surface area contributed by atoms with Gasteiger partial charge in [-0.25, -0.2) is 0 Å². The molecule has 0 heterocycles. The molecule has 3 unspecified atom stereocenters. The summed E-state index contributed by atoms with van der Waals surface area (Å²) in [5, 5.41) is 3.59. The van der Waals surface area contributed by atoms with Crippen molar-refractivity contribution in [2.24, 2.45) is 11.8 Å². The van der Waals surface area contributed by atoms with Crippen molar-refractivity contribution < 1.29 is 0 Å². The molecule has 0 aromatic heterocycles. The van der Waals surface area contributed by atoms with Crippen LogP contribution in [0.25, 0.3) is 0 Å². The van der Waals surface area contributed by atoms with Crippen LogP contribution in [-0.2, 0) is 0 Å². The van der Waals surface area contributed by atoms with E-state index < -0.39 is 0 Å². The lowest BCUT2D eigenvalue weighted by Gasteiger charge is -2.36. The molecule has 112 valence electrons. The van der Waals surface area contributed by atoms with Crippen LogP contribution in [0.4, 0.5) is 0 Å². The summed E-state index contributed by atoms with van der Waals surface area (Å²) in [4.78, 5) is 1.36. The first-order chi connectivity index (χ1) is 9.76. The summed E-state index contributed by atoms with van der Waals surface area (Å²) in [6.45, 7) is 2.36. The number of thioether (sulfide) groups is 1. The molecule has 0 spiro atoms. The Morgan fingerprint density at radius 1 is 1.30 bits per heavy atom. The smallest absolute Gasteiger partial charge is 0.0311 e. The van der Waals surface area contributed by atoms with Crippen LogP contribution in [-0.4, -0.2) is 18.8 Å². The first-order valence-corrected chi connectivity index (χ1v) is 9.58. The lowest BCUT2D eigenvalue weighted by molar-refractivity contribution is 0.190. The fraction of sp³-hybridized carbons (Fsp3) is 0.647. The molecular formula is C17H26BrNS. The van der Waals surface area contributed by atoms with Crippen LogP contribution in [0.5, 0.6) is 0 Å². The van der Waals surface area contributed by atoms with Crippen LogP contribution >= 0.6 is 27.7 Å². The molecule has 1 N–H and O–H groups in total. The Morgan fingerprint density at radius 2 is 2.05 bits per heavy atom. The Kier molecular flexibility index (Phi) is 6.92. The summed E-state index contributed by atoms with van der Waals surface area (Å²) in [7, 11) is 2.13. The summed E-state index contributed by atoms with van der Waals surface area (Å²) in [6, 6.07) is 9.18. The number of benzene rings is 1. The first-order valence-electron chi connectivity index (χ1n) is 7.80. The SMILES string of the molecule is CCC1CCCCC1C(CSc1ccccc1Br)NC. The standard InChI is InChI=1S/C17H26BrNS/c1-3-13-8-4-5-9-14(13)16(19-2)12-20-17-11-7-6-10-15(17)18/h6-7,10-11,13-14,16,19H,3-5,8-9,12H2,1-2H3. The van der Waals surface area contributed by atoms with Crippen molar-refractivity contribution in [3.63, 3.8) is 0 Å². The van der Waals surface area contributed by atoms with Crippen molar-refractivity contribution >= 4 is 27.7 Å². The summed E-state index contributed by atoms with van der Waals surface area (Å²) in [5.74, 6) is 2.94. The van der Waals surface area contributed by atoms with Crippen molar-refractivity contribution in [3.8, 4) is 0 Å². The molecule has 0 amide bonds. The van der Waals surface area contributed by atoms with E-state index in [2.05, 4.69) is 59.5 Å². The molecule has 1 aromatic carbocycles. The van der Waals surface area contributed by atoms with Gasteiger partial charge in [0.25, 0.3) is 0 Å². The van der Waals surface area contributed by atoms with Gasteiger partial charge in [-0.05, 0) is 53.4 Å². The van der Waals surface area contributed by atoms with Gasteiger partial charge in [-0.2, -0.15) is 0 Å². The van der Waals surface area contributed by atoms with Crippen molar-refractivity contribution in [1.29, 1.82) is 0 Å². The van der Waals surface area contributed by atoms with Gasteiger partial charge in [-0.3, -0.25) is 0 Å². The van der Waals surface area contributed by atoms with Gasteiger partial charge in [0.15, 0.2) is 0 Å². The third-order valence-electron chi connectivity index (χ3n) is 4.63. The van der Waals surface area contributed by atoms with E-state index in [9.17, 15) is 0 Å². The highest BCUT2D eigenvalue weighted by atomic mass is 79.9. The highest BCUT2D eigenvalue weighted by Crippen LogP contribution is 2.36. The van der Waals surface area contributed by atoms with Crippen LogP contribution in [0.2, 0.25) is 0 Å². The van der Waals surface area contributed by atoms with Gasteiger partial charge in [0.2, 0.25) is 0 Å². The lowest BCUT2D eigenvalue weighted by Crippen LogP contribution is -2.41. The fourth-order valence-electron chi connectivity index (χ4n) is 3.44. The highest BCUT2D eigenvalue weighted by Gasteiger charge is 2.29. The number of halogens is 1. The lowest BCUT2D eigenvalue weighted by atomic mass is 9.74. The molecule has 0 saturated heterocycles. The van der Waals surface area contributed by atoms with Gasteiger partial charge in [-0.1, -0.05) is 44.7 Å². The molecule has 3 atom stereocenters.